The van der Waals surface area contributed by atoms with Crippen molar-refractivity contribution < 1.29 is 53.2 Å². The fourth-order valence-corrected chi connectivity index (χ4v) is 10.6. The summed E-state index contributed by atoms with van der Waals surface area (Å²) in [5.74, 6) is 0.205. The SMILES string of the molecule is C=CCO[C@@]12Oc3ccc(Oc4cccc([N+](=O)[O-])c4)cc3[C@H]3[C@H](CCCCO)[C@@H](CCCCO)C=C(C(=NOC4CCCCO4)C[C@@H]1N(Cc1ccc4c(c1)OCO4)C(=O)C1CC1)[C@H]32. The van der Waals surface area contributed by atoms with E-state index >= 15 is 0 Å². The summed E-state index contributed by atoms with van der Waals surface area (Å²) in [6.07, 6.45) is 12.3. The van der Waals surface area contributed by atoms with Gasteiger partial charge in [-0.15, -0.1) is 6.58 Å². The number of oxime groups is 1. The number of aliphatic hydroxyl groups is 2. The van der Waals surface area contributed by atoms with Crippen LogP contribution < -0.4 is 18.9 Å². The third-order valence-corrected chi connectivity index (χ3v) is 13.7. The van der Waals surface area contributed by atoms with Gasteiger partial charge in [0.15, 0.2) is 11.5 Å². The fraction of sp³-hybridized carbons (Fsp3) is 0.520. The predicted octanol–water partition coefficient (Wildman–Crippen LogP) is 8.71. The van der Waals surface area contributed by atoms with Gasteiger partial charge in [0.2, 0.25) is 24.8 Å². The Morgan fingerprint density at radius 2 is 1.75 bits per heavy atom. The minimum atomic E-state index is -1.45. The first-order chi connectivity index (χ1) is 31.8. The smallest absolute Gasteiger partial charge is 0.273 e. The van der Waals surface area contributed by atoms with Crippen molar-refractivity contribution in [1.82, 2.24) is 4.90 Å². The average molecular weight is 894 g/mol. The van der Waals surface area contributed by atoms with E-state index in [4.69, 9.17) is 38.4 Å². The van der Waals surface area contributed by atoms with Gasteiger partial charge in [-0.3, -0.25) is 14.9 Å². The fourth-order valence-electron chi connectivity index (χ4n) is 10.6. The van der Waals surface area contributed by atoms with E-state index < -0.39 is 29.0 Å². The third-order valence-electron chi connectivity index (χ3n) is 13.7. The predicted molar refractivity (Wildman–Crippen MR) is 239 cm³/mol. The molecule has 346 valence electrons. The maximum atomic E-state index is 15.0. The van der Waals surface area contributed by atoms with E-state index in [1.165, 1.54) is 12.1 Å². The van der Waals surface area contributed by atoms with Gasteiger partial charge in [-0.05, 0) is 111 Å². The second kappa shape index (κ2) is 19.9. The van der Waals surface area contributed by atoms with Crippen LogP contribution in [0.5, 0.6) is 28.7 Å². The number of benzene rings is 3. The Hall–Kier alpha value is -5.48. The molecule has 3 fully saturated rings. The molecule has 3 aliphatic heterocycles. The molecule has 1 unspecified atom stereocenters. The van der Waals surface area contributed by atoms with Crippen molar-refractivity contribution in [1.29, 1.82) is 0 Å². The molecule has 3 aromatic rings. The van der Waals surface area contributed by atoms with Crippen LogP contribution in [0, 0.1) is 33.8 Å². The minimum Gasteiger partial charge on any atom is -0.459 e. The first kappa shape index (κ1) is 44.7. The molecular weight excluding hydrogens is 835 g/mol. The summed E-state index contributed by atoms with van der Waals surface area (Å²) in [6.45, 7) is 5.27. The average Bonchev–Trinajstić information content (AvgIpc) is 4.07. The monoisotopic (exact) mass is 893 g/mol. The third kappa shape index (κ3) is 9.47. The molecule has 0 spiro atoms. The molecule has 1 saturated heterocycles. The molecule has 2 saturated carbocycles. The van der Waals surface area contributed by atoms with Gasteiger partial charge in [0.05, 0.1) is 35.8 Å². The maximum Gasteiger partial charge on any atom is 0.273 e. The van der Waals surface area contributed by atoms with Gasteiger partial charge in [-0.25, -0.2) is 0 Å². The Morgan fingerprint density at radius 3 is 2.52 bits per heavy atom. The van der Waals surface area contributed by atoms with Crippen molar-refractivity contribution in [2.24, 2.45) is 28.8 Å². The number of amides is 1. The van der Waals surface area contributed by atoms with Crippen molar-refractivity contribution in [3.8, 4) is 28.7 Å². The summed E-state index contributed by atoms with van der Waals surface area (Å²) in [6, 6.07) is 16.8. The lowest BCUT2D eigenvalue weighted by Crippen LogP contribution is -2.70. The van der Waals surface area contributed by atoms with Crippen LogP contribution >= 0.6 is 0 Å². The molecule has 0 bridgehead atoms. The lowest BCUT2D eigenvalue weighted by Gasteiger charge is -2.60. The summed E-state index contributed by atoms with van der Waals surface area (Å²) >= 11 is 0. The van der Waals surface area contributed by atoms with E-state index in [-0.39, 0.29) is 74.8 Å². The molecule has 15 heteroatoms. The highest BCUT2D eigenvalue weighted by molar-refractivity contribution is 6.03. The van der Waals surface area contributed by atoms with Gasteiger partial charge in [0, 0.05) is 56.1 Å². The highest BCUT2D eigenvalue weighted by atomic mass is 16.8. The second-order valence-corrected chi connectivity index (χ2v) is 18.0. The molecule has 7 atom stereocenters. The molecule has 15 nitrogen and oxygen atoms in total. The molecule has 2 N–H and O–H groups in total. The Morgan fingerprint density at radius 1 is 0.954 bits per heavy atom. The van der Waals surface area contributed by atoms with Crippen molar-refractivity contribution in [2.45, 2.75) is 108 Å². The number of unbranched alkanes of at least 4 members (excludes halogenated alkanes) is 2. The van der Waals surface area contributed by atoms with Crippen LogP contribution in [0.15, 0.2) is 90.1 Å². The Bertz CT molecular complexity index is 2270. The molecule has 1 amide bonds. The lowest BCUT2D eigenvalue weighted by molar-refractivity contribution is -0.384. The number of non-ortho nitro benzene ring substituents is 1. The number of hydrogen-bond donors (Lipinski definition) is 2. The zero-order valence-electron chi connectivity index (χ0n) is 36.7. The quantitative estimate of drug-likeness (QED) is 0.0477. The van der Waals surface area contributed by atoms with Crippen LogP contribution in [-0.4, -0.2) is 83.0 Å². The Balaban J connectivity index is 1.23. The van der Waals surface area contributed by atoms with Gasteiger partial charge in [0.1, 0.15) is 23.3 Å². The first-order valence-electron chi connectivity index (χ1n) is 23.3. The summed E-state index contributed by atoms with van der Waals surface area (Å²) in [5, 5.41) is 36.7. The molecule has 3 aromatic carbocycles. The molecule has 3 aliphatic carbocycles. The van der Waals surface area contributed by atoms with E-state index in [1.807, 2.05) is 35.2 Å². The Kier molecular flexibility index (Phi) is 13.7. The van der Waals surface area contributed by atoms with Crippen LogP contribution in [0.25, 0.3) is 0 Å². The van der Waals surface area contributed by atoms with E-state index in [1.54, 1.807) is 24.3 Å². The van der Waals surface area contributed by atoms with Gasteiger partial charge in [-0.1, -0.05) is 42.3 Å². The van der Waals surface area contributed by atoms with Crippen molar-refractivity contribution in [3.05, 3.63) is 106 Å². The first-order valence-corrected chi connectivity index (χ1v) is 23.3. The summed E-state index contributed by atoms with van der Waals surface area (Å²) in [5.41, 5.74) is 3.25. The Labute approximate surface area is 379 Å². The number of fused-ring (bicyclic) bond motifs is 3. The molecular formula is C50H59N3O12. The van der Waals surface area contributed by atoms with Crippen molar-refractivity contribution in [2.75, 3.05) is 33.2 Å². The highest BCUT2D eigenvalue weighted by Crippen LogP contribution is 2.62. The number of nitro benzene ring substituents is 1. The molecule has 9 rings (SSSR count). The van der Waals surface area contributed by atoms with Gasteiger partial charge < -0.3 is 48.4 Å². The van der Waals surface area contributed by atoms with Crippen LogP contribution in [-0.2, 0) is 25.7 Å². The van der Waals surface area contributed by atoms with Crippen LogP contribution in [0.1, 0.15) is 94.1 Å². The maximum absolute atomic E-state index is 15.0. The van der Waals surface area contributed by atoms with Crippen LogP contribution in [0.3, 0.4) is 0 Å². The van der Waals surface area contributed by atoms with Crippen LogP contribution in [0.4, 0.5) is 5.69 Å². The number of nitro groups is 1. The normalized spacial score (nSPS) is 26.9. The van der Waals surface area contributed by atoms with E-state index in [0.717, 1.165) is 68.1 Å². The summed E-state index contributed by atoms with van der Waals surface area (Å²) in [7, 11) is 0. The molecule has 65 heavy (non-hydrogen) atoms. The standard InChI is InChI=1S/C50H59N3O12/c1-2-23-62-50-45(52(49(56)33-16-17-33)30-32-15-19-43-44(25-32)61-31-60-43)29-41(51-65-46-14-5-8-24-59-46)39-26-34(10-3-6-21-54)38(13-4-7-22-55)47(48(39)50)40-28-37(18-20-42(40)64-50)63-36-12-9-11-35(27-36)53(57)58/h2,9,11-12,15,18-20,25-28,33-34,38,45-48,54-55H,1,3-8,10,13-14,16-17,21-24,29-31H2/t34-,38+,45-,46?,47+,48+,50+/m0/s1. The van der Waals surface area contributed by atoms with Gasteiger partial charge >= 0.3 is 0 Å². The van der Waals surface area contributed by atoms with Crippen LogP contribution in [0.2, 0.25) is 0 Å². The number of hydrogen-bond acceptors (Lipinski definition) is 13. The largest absolute Gasteiger partial charge is 0.459 e. The van der Waals surface area contributed by atoms with E-state index in [9.17, 15) is 25.1 Å². The van der Waals surface area contributed by atoms with E-state index in [0.29, 0.717) is 60.3 Å². The number of carbonyl (C=O) groups is 1. The molecule has 3 heterocycles. The number of nitrogens with zero attached hydrogens (tertiary/aromatic N) is 3. The summed E-state index contributed by atoms with van der Waals surface area (Å²) in [4.78, 5) is 34.5. The van der Waals surface area contributed by atoms with E-state index in [2.05, 4.69) is 12.7 Å². The zero-order valence-corrected chi connectivity index (χ0v) is 36.7. The summed E-state index contributed by atoms with van der Waals surface area (Å²) < 4.78 is 38.4. The van der Waals surface area contributed by atoms with Gasteiger partial charge in [0.25, 0.3) is 5.69 Å². The van der Waals surface area contributed by atoms with Crippen molar-refractivity contribution in [3.63, 3.8) is 0 Å². The molecule has 6 aliphatic rings. The second-order valence-electron chi connectivity index (χ2n) is 18.0. The van der Waals surface area contributed by atoms with Crippen molar-refractivity contribution >= 4 is 17.3 Å². The van der Waals surface area contributed by atoms with Gasteiger partial charge in [-0.2, -0.15) is 0 Å². The number of rotatable bonds is 20. The molecule has 0 radical (unpaired) electrons. The zero-order chi connectivity index (χ0) is 44.9. The number of carbonyl (C=O) groups excluding carboxylic acids is 1. The minimum absolute atomic E-state index is 0.00129. The topological polar surface area (TPSA) is 181 Å². The molecule has 0 aromatic heterocycles. The highest BCUT2D eigenvalue weighted by Gasteiger charge is 2.66. The number of allylic oxidation sites excluding steroid dienone is 1. The number of ether oxygens (including phenoxy) is 6. The lowest BCUT2D eigenvalue weighted by atomic mass is 9.55. The number of aliphatic hydroxyl groups excluding tert-OH is 2.